The Kier molecular flexibility index (Phi) is 4.59. The third-order valence-electron chi connectivity index (χ3n) is 1.90. The maximum atomic E-state index is 6.93. The van der Waals surface area contributed by atoms with Crippen LogP contribution < -0.4 is 20.6 Å². The van der Waals surface area contributed by atoms with Gasteiger partial charge in [-0.05, 0) is 12.1 Å². The molecule has 17 heavy (non-hydrogen) atoms. The fourth-order valence-electron chi connectivity index (χ4n) is 1.18. The van der Waals surface area contributed by atoms with Crippen LogP contribution in [0.2, 0.25) is 5.02 Å². The molecule has 0 unspecified atom stereocenters. The average molecular weight is 257 g/mol. The Morgan fingerprint density at radius 3 is 2.71 bits per heavy atom. The maximum absolute atomic E-state index is 6.93. The van der Waals surface area contributed by atoms with Gasteiger partial charge in [-0.2, -0.15) is 5.10 Å². The standard InChI is InChI=1S/C10H13ClN4O2/c1-16-7-4-3-6(5-14-15-10(12)13)8(11)9(7)17-2/h3-5H,1-2H3,(H4,12,13,15)/b14-5+. The van der Waals surface area contributed by atoms with Crippen molar-refractivity contribution in [3.63, 3.8) is 0 Å². The highest BCUT2D eigenvalue weighted by Gasteiger charge is 2.11. The van der Waals surface area contributed by atoms with Gasteiger partial charge >= 0.3 is 0 Å². The summed E-state index contributed by atoms with van der Waals surface area (Å²) >= 11 is 6.10. The number of hydrogen-bond donors (Lipinski definition) is 3. The van der Waals surface area contributed by atoms with E-state index < -0.39 is 0 Å². The lowest BCUT2D eigenvalue weighted by molar-refractivity contribution is 0.355. The minimum atomic E-state index is -0.252. The SMILES string of the molecule is COc1ccc(/C=N/NC(=N)N)c(Cl)c1OC. The van der Waals surface area contributed by atoms with Gasteiger partial charge in [-0.15, -0.1) is 0 Å². The molecule has 0 saturated heterocycles. The van der Waals surface area contributed by atoms with E-state index in [2.05, 4.69) is 10.5 Å². The van der Waals surface area contributed by atoms with Gasteiger partial charge in [0.05, 0.1) is 25.5 Å². The molecule has 92 valence electrons. The average Bonchev–Trinajstić information content (AvgIpc) is 2.30. The van der Waals surface area contributed by atoms with Crippen molar-refractivity contribution in [2.75, 3.05) is 14.2 Å². The zero-order chi connectivity index (χ0) is 12.8. The van der Waals surface area contributed by atoms with Gasteiger partial charge in [-0.3, -0.25) is 5.41 Å². The molecule has 0 aliphatic carbocycles. The number of ether oxygens (including phenoxy) is 2. The summed E-state index contributed by atoms with van der Waals surface area (Å²) in [7, 11) is 3.03. The van der Waals surface area contributed by atoms with E-state index in [-0.39, 0.29) is 5.96 Å². The van der Waals surface area contributed by atoms with Crippen LogP contribution >= 0.6 is 11.6 Å². The normalized spacial score (nSPS) is 10.3. The molecule has 0 heterocycles. The first kappa shape index (κ1) is 13.1. The van der Waals surface area contributed by atoms with Crippen molar-refractivity contribution in [3.8, 4) is 11.5 Å². The number of nitrogens with two attached hydrogens (primary N) is 1. The summed E-state index contributed by atoms with van der Waals surface area (Å²) in [5, 5.41) is 11.0. The van der Waals surface area contributed by atoms with Crippen LogP contribution in [-0.4, -0.2) is 26.4 Å². The van der Waals surface area contributed by atoms with Gasteiger partial charge in [0, 0.05) is 5.56 Å². The predicted octanol–water partition coefficient (Wildman–Crippen LogP) is 1.17. The Morgan fingerprint density at radius 1 is 1.47 bits per heavy atom. The minimum Gasteiger partial charge on any atom is -0.493 e. The summed E-state index contributed by atoms with van der Waals surface area (Å²) in [5.74, 6) is 0.716. The number of halogens is 1. The second-order valence-electron chi connectivity index (χ2n) is 2.99. The van der Waals surface area contributed by atoms with Gasteiger partial charge in [0.25, 0.3) is 0 Å². The monoisotopic (exact) mass is 256 g/mol. The van der Waals surface area contributed by atoms with E-state index in [1.165, 1.54) is 20.4 Å². The molecule has 0 bridgehead atoms. The number of nitrogens with one attached hydrogen (secondary N) is 2. The molecular formula is C10H13ClN4O2. The number of guanidine groups is 1. The first-order valence-corrected chi connectivity index (χ1v) is 5.01. The number of benzene rings is 1. The van der Waals surface area contributed by atoms with Gasteiger partial charge in [0.15, 0.2) is 11.5 Å². The third-order valence-corrected chi connectivity index (χ3v) is 2.29. The Bertz CT molecular complexity index is 448. The van der Waals surface area contributed by atoms with Crippen LogP contribution in [0.5, 0.6) is 11.5 Å². The Morgan fingerprint density at radius 2 is 2.18 bits per heavy atom. The largest absolute Gasteiger partial charge is 0.493 e. The summed E-state index contributed by atoms with van der Waals surface area (Å²) < 4.78 is 10.2. The molecule has 1 aromatic rings. The minimum absolute atomic E-state index is 0.252. The molecule has 0 fully saturated rings. The Hall–Kier alpha value is -1.95. The van der Waals surface area contributed by atoms with Crippen LogP contribution in [0.15, 0.2) is 17.2 Å². The van der Waals surface area contributed by atoms with Crippen molar-refractivity contribution >= 4 is 23.8 Å². The molecule has 1 rings (SSSR count). The van der Waals surface area contributed by atoms with Gasteiger partial charge in [0.2, 0.25) is 5.96 Å². The Balaban J connectivity index is 3.02. The van der Waals surface area contributed by atoms with E-state index in [1.807, 2.05) is 0 Å². The highest BCUT2D eigenvalue weighted by molar-refractivity contribution is 6.34. The number of hydrazone groups is 1. The number of nitrogens with zero attached hydrogens (tertiary/aromatic N) is 1. The second kappa shape index (κ2) is 5.95. The molecule has 4 N–H and O–H groups in total. The zero-order valence-electron chi connectivity index (χ0n) is 9.45. The third kappa shape index (κ3) is 3.25. The maximum Gasteiger partial charge on any atom is 0.206 e. The molecular weight excluding hydrogens is 244 g/mol. The van der Waals surface area contributed by atoms with E-state index in [1.54, 1.807) is 12.1 Å². The lowest BCUT2D eigenvalue weighted by Gasteiger charge is -2.10. The van der Waals surface area contributed by atoms with E-state index in [0.717, 1.165) is 0 Å². The van der Waals surface area contributed by atoms with Crippen molar-refractivity contribution in [1.82, 2.24) is 5.43 Å². The van der Waals surface area contributed by atoms with Crippen molar-refractivity contribution in [3.05, 3.63) is 22.7 Å². The Labute approximate surface area is 104 Å². The van der Waals surface area contributed by atoms with Crippen LogP contribution in [0, 0.1) is 5.41 Å². The van der Waals surface area contributed by atoms with Gasteiger partial charge in [-0.1, -0.05) is 11.6 Å². The van der Waals surface area contributed by atoms with Crippen LogP contribution in [0.25, 0.3) is 0 Å². The fourth-order valence-corrected chi connectivity index (χ4v) is 1.46. The molecule has 0 aliphatic rings. The predicted molar refractivity (Wildman–Crippen MR) is 67.2 cm³/mol. The topological polar surface area (TPSA) is 92.7 Å². The first-order chi connectivity index (χ1) is 8.10. The summed E-state index contributed by atoms with van der Waals surface area (Å²) in [6.45, 7) is 0. The molecule has 0 radical (unpaired) electrons. The van der Waals surface area contributed by atoms with Crippen LogP contribution in [-0.2, 0) is 0 Å². The summed E-state index contributed by atoms with van der Waals surface area (Å²) in [6, 6.07) is 3.43. The molecule has 1 aromatic carbocycles. The van der Waals surface area contributed by atoms with Crippen molar-refractivity contribution in [2.45, 2.75) is 0 Å². The molecule has 0 amide bonds. The van der Waals surface area contributed by atoms with Crippen molar-refractivity contribution in [1.29, 1.82) is 5.41 Å². The van der Waals surface area contributed by atoms with Crippen LogP contribution in [0.4, 0.5) is 0 Å². The number of hydrogen-bond acceptors (Lipinski definition) is 4. The highest BCUT2D eigenvalue weighted by atomic mass is 35.5. The second-order valence-corrected chi connectivity index (χ2v) is 3.37. The molecule has 6 nitrogen and oxygen atoms in total. The smallest absolute Gasteiger partial charge is 0.206 e. The highest BCUT2D eigenvalue weighted by Crippen LogP contribution is 2.36. The summed E-state index contributed by atoms with van der Waals surface area (Å²) in [6.07, 6.45) is 1.44. The quantitative estimate of drug-likeness (QED) is 0.428. The van der Waals surface area contributed by atoms with Gasteiger partial charge < -0.3 is 15.2 Å². The van der Waals surface area contributed by atoms with Crippen LogP contribution in [0.1, 0.15) is 5.56 Å². The van der Waals surface area contributed by atoms with E-state index >= 15 is 0 Å². The lowest BCUT2D eigenvalue weighted by Crippen LogP contribution is -2.25. The van der Waals surface area contributed by atoms with Crippen LogP contribution in [0.3, 0.4) is 0 Å². The van der Waals surface area contributed by atoms with Gasteiger partial charge in [-0.25, -0.2) is 5.43 Å². The number of rotatable bonds is 4. The molecule has 7 heteroatoms. The lowest BCUT2D eigenvalue weighted by atomic mass is 10.2. The summed E-state index contributed by atoms with van der Waals surface area (Å²) in [5.41, 5.74) is 7.99. The number of methoxy groups -OCH3 is 2. The van der Waals surface area contributed by atoms with Crippen molar-refractivity contribution < 1.29 is 9.47 Å². The zero-order valence-corrected chi connectivity index (χ0v) is 10.2. The van der Waals surface area contributed by atoms with E-state index in [9.17, 15) is 0 Å². The van der Waals surface area contributed by atoms with E-state index in [4.69, 9.17) is 32.2 Å². The summed E-state index contributed by atoms with van der Waals surface area (Å²) in [4.78, 5) is 0. The molecule has 0 aromatic heterocycles. The van der Waals surface area contributed by atoms with Crippen molar-refractivity contribution in [2.24, 2.45) is 10.8 Å². The molecule has 0 aliphatic heterocycles. The molecule has 0 spiro atoms. The molecule has 0 atom stereocenters. The fraction of sp³-hybridized carbons (Fsp3) is 0.200. The van der Waals surface area contributed by atoms with Gasteiger partial charge in [0.1, 0.15) is 0 Å². The van der Waals surface area contributed by atoms with E-state index in [0.29, 0.717) is 22.1 Å². The molecule has 0 saturated carbocycles. The first-order valence-electron chi connectivity index (χ1n) is 4.63.